The highest BCUT2D eigenvalue weighted by molar-refractivity contribution is 5.95. The van der Waals surface area contributed by atoms with Gasteiger partial charge < -0.3 is 19.9 Å². The van der Waals surface area contributed by atoms with Crippen LogP contribution in [0.1, 0.15) is 36.5 Å². The van der Waals surface area contributed by atoms with Crippen LogP contribution in [0.4, 0.5) is 10.5 Å². The summed E-state index contributed by atoms with van der Waals surface area (Å²) in [6, 6.07) is 5.74. The Labute approximate surface area is 147 Å². The fraction of sp³-hybridized carbons (Fsp3) is 0.500. The number of urea groups is 1. The molecule has 2 rings (SSSR count). The summed E-state index contributed by atoms with van der Waals surface area (Å²) in [6.45, 7) is 3.09. The van der Waals surface area contributed by atoms with Crippen molar-refractivity contribution < 1.29 is 19.1 Å². The van der Waals surface area contributed by atoms with Crippen molar-refractivity contribution in [3.63, 3.8) is 0 Å². The Morgan fingerprint density at radius 2 is 1.92 bits per heavy atom. The predicted octanol–water partition coefficient (Wildman–Crippen LogP) is 2.34. The Morgan fingerprint density at radius 3 is 2.52 bits per heavy atom. The maximum absolute atomic E-state index is 12.6. The average molecular weight is 347 g/mol. The van der Waals surface area contributed by atoms with Gasteiger partial charge in [-0.3, -0.25) is 4.79 Å². The Morgan fingerprint density at radius 1 is 1.24 bits per heavy atom. The van der Waals surface area contributed by atoms with Gasteiger partial charge in [-0.15, -0.1) is 0 Å². The van der Waals surface area contributed by atoms with E-state index in [1.54, 1.807) is 41.1 Å². The first-order valence-electron chi connectivity index (χ1n) is 8.49. The second-order valence-electron chi connectivity index (χ2n) is 6.11. The molecule has 0 spiro atoms. The molecule has 1 aromatic rings. The van der Waals surface area contributed by atoms with Crippen molar-refractivity contribution in [3.8, 4) is 0 Å². The number of unbranched alkanes of at least 4 members (excludes halogenated alkanes) is 1. The van der Waals surface area contributed by atoms with E-state index in [1.807, 2.05) is 0 Å². The number of methoxy groups -OCH3 is 1. The van der Waals surface area contributed by atoms with Gasteiger partial charge in [0.1, 0.15) is 6.04 Å². The minimum Gasteiger partial charge on any atom is -0.465 e. The van der Waals surface area contributed by atoms with Crippen molar-refractivity contribution in [2.45, 2.75) is 32.2 Å². The monoisotopic (exact) mass is 347 g/mol. The molecule has 136 valence electrons. The van der Waals surface area contributed by atoms with E-state index in [0.717, 1.165) is 12.8 Å². The van der Waals surface area contributed by atoms with Crippen molar-refractivity contribution in [2.24, 2.45) is 0 Å². The molecule has 0 radical (unpaired) electrons. The summed E-state index contributed by atoms with van der Waals surface area (Å²) in [5.74, 6) is -0.446. The number of nitrogens with zero attached hydrogens (tertiary/aromatic N) is 2. The molecule has 1 aliphatic rings. The summed E-state index contributed by atoms with van der Waals surface area (Å²) in [5.41, 5.74) is 0.981. The number of nitrogens with one attached hydrogen (secondary N) is 1. The van der Waals surface area contributed by atoms with Gasteiger partial charge in [-0.1, -0.05) is 19.8 Å². The van der Waals surface area contributed by atoms with Gasteiger partial charge in [-0.2, -0.15) is 0 Å². The third kappa shape index (κ3) is 4.49. The van der Waals surface area contributed by atoms with E-state index >= 15 is 0 Å². The van der Waals surface area contributed by atoms with E-state index in [4.69, 9.17) is 0 Å². The van der Waals surface area contributed by atoms with Gasteiger partial charge in [0.15, 0.2) is 0 Å². The Kier molecular flexibility index (Phi) is 6.38. The third-order valence-corrected chi connectivity index (χ3v) is 4.36. The van der Waals surface area contributed by atoms with Gasteiger partial charge >= 0.3 is 12.0 Å². The van der Waals surface area contributed by atoms with Crippen molar-refractivity contribution in [2.75, 3.05) is 32.6 Å². The number of carbonyl (C=O) groups is 3. The molecular formula is C18H25N3O4. The molecule has 1 aliphatic heterocycles. The highest BCUT2D eigenvalue weighted by Gasteiger charge is 2.35. The van der Waals surface area contributed by atoms with Crippen LogP contribution in [0.25, 0.3) is 0 Å². The molecule has 25 heavy (non-hydrogen) atoms. The molecule has 1 aromatic carbocycles. The van der Waals surface area contributed by atoms with E-state index < -0.39 is 12.0 Å². The summed E-state index contributed by atoms with van der Waals surface area (Å²) in [4.78, 5) is 39.7. The van der Waals surface area contributed by atoms with E-state index in [9.17, 15) is 14.4 Å². The normalized spacial score (nSPS) is 17.4. The largest absolute Gasteiger partial charge is 0.465 e. The van der Waals surface area contributed by atoms with Crippen molar-refractivity contribution >= 4 is 23.6 Å². The van der Waals surface area contributed by atoms with Gasteiger partial charge in [-0.25, -0.2) is 9.59 Å². The molecule has 0 unspecified atom stereocenters. The SMILES string of the molecule is CCCC[C@@H]1C(=O)N(C)CCN1C(=O)Nc1ccc(C(=O)OC)cc1. The fourth-order valence-corrected chi connectivity index (χ4v) is 2.83. The van der Waals surface area contributed by atoms with Crippen LogP contribution in [0.15, 0.2) is 24.3 Å². The number of ether oxygens (including phenoxy) is 1. The van der Waals surface area contributed by atoms with Gasteiger partial charge in [0.2, 0.25) is 5.91 Å². The van der Waals surface area contributed by atoms with Crippen LogP contribution in [-0.2, 0) is 9.53 Å². The second-order valence-corrected chi connectivity index (χ2v) is 6.11. The maximum Gasteiger partial charge on any atom is 0.337 e. The number of amides is 3. The summed E-state index contributed by atoms with van der Waals surface area (Å²) in [7, 11) is 3.08. The second kappa shape index (κ2) is 8.50. The lowest BCUT2D eigenvalue weighted by molar-refractivity contribution is -0.138. The quantitative estimate of drug-likeness (QED) is 0.829. The lowest BCUT2D eigenvalue weighted by Gasteiger charge is -2.39. The van der Waals surface area contributed by atoms with Gasteiger partial charge in [0, 0.05) is 25.8 Å². The summed E-state index contributed by atoms with van der Waals surface area (Å²) < 4.78 is 4.65. The molecule has 1 heterocycles. The number of anilines is 1. The number of carbonyl (C=O) groups excluding carboxylic acids is 3. The van der Waals surface area contributed by atoms with E-state index in [-0.39, 0.29) is 11.9 Å². The Bertz CT molecular complexity index is 630. The smallest absolute Gasteiger partial charge is 0.337 e. The Balaban J connectivity index is 2.07. The van der Waals surface area contributed by atoms with E-state index in [1.165, 1.54) is 7.11 Å². The minimum atomic E-state index is -0.429. The first-order chi connectivity index (χ1) is 12.0. The van der Waals surface area contributed by atoms with Crippen LogP contribution in [0.2, 0.25) is 0 Å². The highest BCUT2D eigenvalue weighted by atomic mass is 16.5. The van der Waals surface area contributed by atoms with Gasteiger partial charge in [0.05, 0.1) is 12.7 Å². The molecular weight excluding hydrogens is 322 g/mol. The molecule has 0 aliphatic carbocycles. The lowest BCUT2D eigenvalue weighted by atomic mass is 10.0. The molecule has 1 atom stereocenters. The molecule has 1 fully saturated rings. The average Bonchev–Trinajstić information content (AvgIpc) is 2.62. The number of likely N-dealkylation sites (N-methyl/N-ethyl adjacent to an activating group) is 1. The number of esters is 1. The van der Waals surface area contributed by atoms with E-state index in [0.29, 0.717) is 30.8 Å². The molecule has 7 nitrogen and oxygen atoms in total. The first-order valence-corrected chi connectivity index (χ1v) is 8.49. The van der Waals surface area contributed by atoms with Crippen molar-refractivity contribution in [1.29, 1.82) is 0 Å². The summed E-state index contributed by atoms with van der Waals surface area (Å²) in [5, 5.41) is 2.80. The Hall–Kier alpha value is -2.57. The van der Waals surface area contributed by atoms with Crippen LogP contribution < -0.4 is 5.32 Å². The fourth-order valence-electron chi connectivity index (χ4n) is 2.83. The molecule has 1 N–H and O–H groups in total. The highest BCUT2D eigenvalue weighted by Crippen LogP contribution is 2.18. The number of hydrogen-bond donors (Lipinski definition) is 1. The predicted molar refractivity (Wildman–Crippen MR) is 94.5 cm³/mol. The summed E-state index contributed by atoms with van der Waals surface area (Å²) in [6.07, 6.45) is 2.52. The molecule has 0 saturated carbocycles. The van der Waals surface area contributed by atoms with Crippen LogP contribution in [0.5, 0.6) is 0 Å². The molecule has 0 bridgehead atoms. The minimum absolute atomic E-state index is 0.0177. The number of rotatable bonds is 5. The van der Waals surface area contributed by atoms with Crippen LogP contribution in [-0.4, -0.2) is 61.0 Å². The molecule has 0 aromatic heterocycles. The third-order valence-electron chi connectivity index (χ3n) is 4.36. The molecule has 7 heteroatoms. The van der Waals surface area contributed by atoms with Crippen LogP contribution in [0.3, 0.4) is 0 Å². The molecule has 3 amide bonds. The number of piperazine rings is 1. The maximum atomic E-state index is 12.6. The summed E-state index contributed by atoms with van der Waals surface area (Å²) >= 11 is 0. The number of hydrogen-bond acceptors (Lipinski definition) is 4. The number of benzene rings is 1. The van der Waals surface area contributed by atoms with Crippen molar-refractivity contribution in [1.82, 2.24) is 9.80 Å². The first kappa shape index (κ1) is 18.8. The van der Waals surface area contributed by atoms with Crippen molar-refractivity contribution in [3.05, 3.63) is 29.8 Å². The zero-order valence-electron chi connectivity index (χ0n) is 14.9. The zero-order chi connectivity index (χ0) is 18.4. The molecule has 1 saturated heterocycles. The lowest BCUT2D eigenvalue weighted by Crippen LogP contribution is -2.58. The van der Waals surface area contributed by atoms with Crippen LogP contribution >= 0.6 is 0 Å². The van der Waals surface area contributed by atoms with Gasteiger partial charge in [-0.05, 0) is 30.7 Å². The topological polar surface area (TPSA) is 79.0 Å². The zero-order valence-corrected chi connectivity index (χ0v) is 14.9. The van der Waals surface area contributed by atoms with E-state index in [2.05, 4.69) is 17.0 Å². The standard InChI is InChI=1S/C18H25N3O4/c1-4-5-6-15-16(22)20(2)11-12-21(15)18(24)19-14-9-7-13(8-10-14)17(23)25-3/h7-10,15H,4-6,11-12H2,1-3H3,(H,19,24)/t15-/m1/s1. The van der Waals surface area contributed by atoms with Crippen LogP contribution in [0, 0.1) is 0 Å². The van der Waals surface area contributed by atoms with Gasteiger partial charge in [0.25, 0.3) is 0 Å².